The molecule has 0 radical (unpaired) electrons. The fraction of sp³-hybridized carbons (Fsp3) is 0.455. The third kappa shape index (κ3) is 2.96. The van der Waals surface area contributed by atoms with Crippen LogP contribution in [0.1, 0.15) is 18.5 Å². The van der Waals surface area contributed by atoms with E-state index in [1.807, 2.05) is 6.92 Å². The summed E-state index contributed by atoms with van der Waals surface area (Å²) in [4.78, 5) is 0. The Bertz CT molecular complexity index is 328. The smallest absolute Gasteiger partial charge is 0.194 e. The van der Waals surface area contributed by atoms with Gasteiger partial charge in [0.15, 0.2) is 17.5 Å². The lowest BCUT2D eigenvalue weighted by molar-refractivity contribution is 0.167. The number of halogens is 3. The van der Waals surface area contributed by atoms with Crippen LogP contribution in [-0.2, 0) is 4.74 Å². The van der Waals surface area contributed by atoms with Crippen LogP contribution in [0.15, 0.2) is 12.1 Å². The van der Waals surface area contributed by atoms with Crippen molar-refractivity contribution in [1.82, 2.24) is 5.32 Å². The van der Waals surface area contributed by atoms with Gasteiger partial charge in [-0.05, 0) is 24.2 Å². The van der Waals surface area contributed by atoms with Crippen molar-refractivity contribution in [2.24, 2.45) is 0 Å². The topological polar surface area (TPSA) is 21.3 Å². The van der Waals surface area contributed by atoms with Gasteiger partial charge in [0, 0.05) is 7.11 Å². The largest absolute Gasteiger partial charge is 0.383 e. The Balaban J connectivity index is 3.00. The van der Waals surface area contributed by atoms with Gasteiger partial charge in [-0.2, -0.15) is 0 Å². The summed E-state index contributed by atoms with van der Waals surface area (Å²) in [6, 6.07) is 1.61. The molecule has 0 amide bonds. The number of benzene rings is 1. The molecule has 1 N–H and O–H groups in total. The van der Waals surface area contributed by atoms with E-state index in [2.05, 4.69) is 5.32 Å². The lowest BCUT2D eigenvalue weighted by atomic mass is 10.1. The molecule has 0 heterocycles. The van der Waals surface area contributed by atoms with E-state index in [1.54, 1.807) is 0 Å². The zero-order valence-corrected chi connectivity index (χ0v) is 9.19. The van der Waals surface area contributed by atoms with E-state index in [1.165, 1.54) is 7.11 Å². The van der Waals surface area contributed by atoms with Gasteiger partial charge < -0.3 is 10.1 Å². The monoisotopic (exact) mass is 233 g/mol. The van der Waals surface area contributed by atoms with Crippen LogP contribution in [-0.4, -0.2) is 20.3 Å². The van der Waals surface area contributed by atoms with Gasteiger partial charge in [-0.25, -0.2) is 13.2 Å². The molecule has 5 heteroatoms. The molecule has 0 aliphatic rings. The van der Waals surface area contributed by atoms with Gasteiger partial charge in [0.1, 0.15) is 0 Å². The molecule has 0 aromatic heterocycles. The molecule has 1 aromatic carbocycles. The summed E-state index contributed by atoms with van der Waals surface area (Å²) in [5.41, 5.74) is 0.333. The molecule has 2 nitrogen and oxygen atoms in total. The fourth-order valence-electron chi connectivity index (χ4n) is 1.46. The molecule has 0 fully saturated rings. The highest BCUT2D eigenvalue weighted by molar-refractivity contribution is 5.22. The molecule has 0 spiro atoms. The Labute approximate surface area is 92.4 Å². The molecule has 1 unspecified atom stereocenters. The van der Waals surface area contributed by atoms with Crippen molar-refractivity contribution in [3.8, 4) is 0 Å². The van der Waals surface area contributed by atoms with Crippen molar-refractivity contribution in [1.29, 1.82) is 0 Å². The van der Waals surface area contributed by atoms with Gasteiger partial charge in [0.2, 0.25) is 0 Å². The summed E-state index contributed by atoms with van der Waals surface area (Å²) in [7, 11) is 1.49. The Kier molecular flexibility index (Phi) is 4.76. The van der Waals surface area contributed by atoms with Crippen LogP contribution in [0.5, 0.6) is 0 Å². The van der Waals surface area contributed by atoms with E-state index in [0.717, 1.165) is 12.1 Å². The number of rotatable bonds is 5. The fourth-order valence-corrected chi connectivity index (χ4v) is 1.46. The molecule has 1 rings (SSSR count). The zero-order chi connectivity index (χ0) is 12.1. The van der Waals surface area contributed by atoms with Gasteiger partial charge in [-0.15, -0.1) is 0 Å². The van der Waals surface area contributed by atoms with Crippen molar-refractivity contribution >= 4 is 0 Å². The molecule has 1 atom stereocenters. The van der Waals surface area contributed by atoms with Crippen molar-refractivity contribution in [3.63, 3.8) is 0 Å². The summed E-state index contributed by atoms with van der Waals surface area (Å²) < 4.78 is 43.7. The molecule has 1 aromatic rings. The molecule has 0 bridgehead atoms. The molecule has 0 saturated carbocycles. The van der Waals surface area contributed by atoms with E-state index >= 15 is 0 Å². The molecule has 90 valence electrons. The van der Waals surface area contributed by atoms with E-state index < -0.39 is 17.5 Å². The maximum absolute atomic E-state index is 13.0. The third-order valence-electron chi connectivity index (χ3n) is 2.19. The van der Waals surface area contributed by atoms with Crippen LogP contribution in [0.4, 0.5) is 13.2 Å². The number of methoxy groups -OCH3 is 1. The molecule has 0 saturated heterocycles. The number of likely N-dealkylation sites (N-methyl/N-ethyl adjacent to an activating group) is 1. The first kappa shape index (κ1) is 13.0. The summed E-state index contributed by atoms with van der Waals surface area (Å²) in [5, 5.41) is 2.99. The highest BCUT2D eigenvalue weighted by Gasteiger charge is 2.16. The standard InChI is InChI=1S/C11H14F3NO/c1-3-15-10(6-16-2)7-4-8(12)11(14)9(13)5-7/h4-5,10,15H,3,6H2,1-2H3. The Morgan fingerprint density at radius 3 is 2.25 bits per heavy atom. The van der Waals surface area contributed by atoms with Gasteiger partial charge in [0.05, 0.1) is 12.6 Å². The number of hydrogen-bond acceptors (Lipinski definition) is 2. The summed E-state index contributed by atoms with van der Waals surface area (Å²) in [5.74, 6) is -3.82. The lowest BCUT2D eigenvalue weighted by Crippen LogP contribution is -2.25. The van der Waals surface area contributed by atoms with E-state index in [0.29, 0.717) is 12.1 Å². The minimum absolute atomic E-state index is 0.262. The zero-order valence-electron chi connectivity index (χ0n) is 9.19. The van der Waals surface area contributed by atoms with E-state index in [-0.39, 0.29) is 12.6 Å². The normalized spacial score (nSPS) is 12.8. The predicted octanol–water partition coefficient (Wildman–Crippen LogP) is 2.40. The van der Waals surface area contributed by atoms with Crippen LogP contribution in [0.3, 0.4) is 0 Å². The van der Waals surface area contributed by atoms with E-state index in [4.69, 9.17) is 4.74 Å². The number of hydrogen-bond donors (Lipinski definition) is 1. The van der Waals surface area contributed by atoms with Crippen molar-refractivity contribution in [2.45, 2.75) is 13.0 Å². The molecule has 16 heavy (non-hydrogen) atoms. The van der Waals surface area contributed by atoms with Crippen molar-refractivity contribution < 1.29 is 17.9 Å². The Morgan fingerprint density at radius 1 is 1.25 bits per heavy atom. The molecular weight excluding hydrogens is 219 g/mol. The SMILES string of the molecule is CCNC(COC)c1cc(F)c(F)c(F)c1. The molecule has 0 aliphatic carbocycles. The van der Waals surface area contributed by atoms with Crippen molar-refractivity contribution in [3.05, 3.63) is 35.1 Å². The predicted molar refractivity (Wildman–Crippen MR) is 54.6 cm³/mol. The first-order valence-corrected chi connectivity index (χ1v) is 4.96. The average molecular weight is 233 g/mol. The Hall–Kier alpha value is -1.07. The van der Waals surface area contributed by atoms with Crippen LogP contribution >= 0.6 is 0 Å². The minimum Gasteiger partial charge on any atom is -0.383 e. The second-order valence-electron chi connectivity index (χ2n) is 3.36. The molecule has 0 aliphatic heterocycles. The summed E-state index contributed by atoms with van der Waals surface area (Å²) in [6.07, 6.45) is 0. The van der Waals surface area contributed by atoms with Gasteiger partial charge >= 0.3 is 0 Å². The lowest BCUT2D eigenvalue weighted by Gasteiger charge is -2.17. The van der Waals surface area contributed by atoms with Gasteiger partial charge in [-0.1, -0.05) is 6.92 Å². The maximum Gasteiger partial charge on any atom is 0.194 e. The highest BCUT2D eigenvalue weighted by Crippen LogP contribution is 2.19. The first-order chi connectivity index (χ1) is 7.60. The van der Waals surface area contributed by atoms with Crippen LogP contribution in [0.2, 0.25) is 0 Å². The number of ether oxygens (including phenoxy) is 1. The summed E-state index contributed by atoms with van der Waals surface area (Å²) in [6.45, 7) is 2.74. The van der Waals surface area contributed by atoms with Gasteiger partial charge in [0.25, 0.3) is 0 Å². The number of nitrogens with one attached hydrogen (secondary N) is 1. The highest BCUT2D eigenvalue weighted by atomic mass is 19.2. The third-order valence-corrected chi connectivity index (χ3v) is 2.19. The first-order valence-electron chi connectivity index (χ1n) is 4.96. The van der Waals surface area contributed by atoms with Crippen molar-refractivity contribution in [2.75, 3.05) is 20.3 Å². The maximum atomic E-state index is 13.0. The second-order valence-corrected chi connectivity index (χ2v) is 3.36. The van der Waals surface area contributed by atoms with E-state index in [9.17, 15) is 13.2 Å². The van der Waals surface area contributed by atoms with Crippen LogP contribution < -0.4 is 5.32 Å². The van der Waals surface area contributed by atoms with Gasteiger partial charge in [-0.3, -0.25) is 0 Å². The minimum atomic E-state index is -1.45. The quantitative estimate of drug-likeness (QED) is 0.788. The van der Waals surface area contributed by atoms with Crippen LogP contribution in [0, 0.1) is 17.5 Å². The Morgan fingerprint density at radius 2 is 1.81 bits per heavy atom. The van der Waals surface area contributed by atoms with Crippen LogP contribution in [0.25, 0.3) is 0 Å². The second kappa shape index (κ2) is 5.86. The summed E-state index contributed by atoms with van der Waals surface area (Å²) >= 11 is 0. The average Bonchev–Trinajstić information content (AvgIpc) is 2.25. The molecular formula is C11H14F3NO.